The minimum absolute atomic E-state index is 0.308. The number of nitrogens with one attached hydrogen (secondary N) is 1. The molecule has 1 atom stereocenters. The number of nitrogens with zero attached hydrogens (tertiary/aromatic N) is 4. The van der Waals surface area contributed by atoms with Gasteiger partial charge in [-0.3, -0.25) is 9.78 Å². The number of pyridine rings is 2. The first-order chi connectivity index (χ1) is 13.2. The Balaban J connectivity index is 1.42. The maximum atomic E-state index is 11.2. The second-order valence-corrected chi connectivity index (χ2v) is 7.26. The molecular weight excluding hydrogens is 362 g/mol. The van der Waals surface area contributed by atoms with Crippen molar-refractivity contribution in [2.45, 2.75) is 12.8 Å². The van der Waals surface area contributed by atoms with Crippen molar-refractivity contribution in [3.05, 3.63) is 48.1 Å². The molecule has 8 heteroatoms. The second kappa shape index (κ2) is 7.71. The SMILES string of the molecule is O=C(O)C1CCCN(c2ccc(Nc3nc(-c4ccccn4)cs3)nc2)C1. The topological polar surface area (TPSA) is 91.2 Å². The van der Waals surface area contributed by atoms with Crippen molar-refractivity contribution in [1.29, 1.82) is 0 Å². The van der Waals surface area contributed by atoms with Crippen LogP contribution in [0.1, 0.15) is 12.8 Å². The first-order valence-electron chi connectivity index (χ1n) is 8.77. The van der Waals surface area contributed by atoms with Gasteiger partial charge in [0.2, 0.25) is 0 Å². The lowest BCUT2D eigenvalue weighted by molar-refractivity contribution is -0.141. The summed E-state index contributed by atoms with van der Waals surface area (Å²) in [7, 11) is 0. The fourth-order valence-electron chi connectivity index (χ4n) is 3.13. The Morgan fingerprint density at radius 1 is 1.22 bits per heavy atom. The standard InChI is InChI=1S/C19H19N5O2S/c25-18(26)13-4-3-9-24(11-13)14-6-7-17(21-10-14)23-19-22-16(12-27-19)15-5-1-2-8-20-15/h1-2,5-8,10,12-13H,3-4,9,11H2,(H,25,26)(H,21,22,23). The number of carboxylic acids is 1. The molecule has 3 aromatic rings. The summed E-state index contributed by atoms with van der Waals surface area (Å²) in [5, 5.41) is 15.1. The number of thiazole rings is 1. The minimum Gasteiger partial charge on any atom is -0.481 e. The summed E-state index contributed by atoms with van der Waals surface area (Å²) in [5.41, 5.74) is 2.61. The normalized spacial score (nSPS) is 16.9. The van der Waals surface area contributed by atoms with Gasteiger partial charge in [-0.05, 0) is 37.1 Å². The smallest absolute Gasteiger partial charge is 0.308 e. The van der Waals surface area contributed by atoms with E-state index in [9.17, 15) is 9.90 Å². The quantitative estimate of drug-likeness (QED) is 0.697. The summed E-state index contributed by atoms with van der Waals surface area (Å²) in [6, 6.07) is 9.59. The summed E-state index contributed by atoms with van der Waals surface area (Å²) in [4.78, 5) is 26.6. The number of rotatable bonds is 5. The van der Waals surface area contributed by atoms with E-state index in [2.05, 4.69) is 25.2 Å². The predicted molar refractivity (Wildman–Crippen MR) is 105 cm³/mol. The first-order valence-corrected chi connectivity index (χ1v) is 9.65. The monoisotopic (exact) mass is 381 g/mol. The highest BCUT2D eigenvalue weighted by Gasteiger charge is 2.25. The Morgan fingerprint density at radius 3 is 2.89 bits per heavy atom. The van der Waals surface area contributed by atoms with Gasteiger partial charge in [0.15, 0.2) is 5.13 Å². The molecule has 0 saturated carbocycles. The molecule has 7 nitrogen and oxygen atoms in total. The summed E-state index contributed by atoms with van der Waals surface area (Å²) in [6.45, 7) is 1.39. The molecule has 1 unspecified atom stereocenters. The number of piperidine rings is 1. The van der Waals surface area contributed by atoms with Gasteiger partial charge in [0.05, 0.1) is 23.5 Å². The molecule has 4 rings (SSSR count). The molecule has 0 spiro atoms. The van der Waals surface area contributed by atoms with Crippen molar-refractivity contribution in [2.24, 2.45) is 5.92 Å². The summed E-state index contributed by atoms with van der Waals surface area (Å²) < 4.78 is 0. The summed E-state index contributed by atoms with van der Waals surface area (Å²) >= 11 is 1.50. The highest BCUT2D eigenvalue weighted by atomic mass is 32.1. The predicted octanol–water partition coefficient (Wildman–Crippen LogP) is 3.64. The molecule has 0 radical (unpaired) electrons. The van der Waals surface area contributed by atoms with E-state index >= 15 is 0 Å². The van der Waals surface area contributed by atoms with Crippen molar-refractivity contribution in [3.8, 4) is 11.4 Å². The molecule has 0 bridgehead atoms. The van der Waals surface area contributed by atoms with Gasteiger partial charge in [0, 0.05) is 24.7 Å². The lowest BCUT2D eigenvalue weighted by Crippen LogP contribution is -2.38. The molecule has 0 amide bonds. The van der Waals surface area contributed by atoms with Gasteiger partial charge in [-0.1, -0.05) is 6.07 Å². The van der Waals surface area contributed by atoms with E-state index in [-0.39, 0.29) is 5.92 Å². The minimum atomic E-state index is -0.724. The molecule has 2 N–H and O–H groups in total. The van der Waals surface area contributed by atoms with Crippen LogP contribution in [0.2, 0.25) is 0 Å². The third kappa shape index (κ3) is 4.06. The van der Waals surface area contributed by atoms with E-state index in [1.54, 1.807) is 12.4 Å². The van der Waals surface area contributed by atoms with Gasteiger partial charge in [-0.25, -0.2) is 9.97 Å². The number of aromatic nitrogens is 3. The van der Waals surface area contributed by atoms with Crippen LogP contribution in [0, 0.1) is 5.92 Å². The van der Waals surface area contributed by atoms with E-state index in [4.69, 9.17) is 0 Å². The molecule has 0 aromatic carbocycles. The van der Waals surface area contributed by atoms with E-state index in [0.717, 1.165) is 41.6 Å². The van der Waals surface area contributed by atoms with Gasteiger partial charge in [0.1, 0.15) is 11.5 Å². The maximum Gasteiger partial charge on any atom is 0.308 e. The molecule has 4 heterocycles. The summed E-state index contributed by atoms with van der Waals surface area (Å²) in [6.07, 6.45) is 5.14. The van der Waals surface area contributed by atoms with Crippen molar-refractivity contribution in [1.82, 2.24) is 15.0 Å². The van der Waals surface area contributed by atoms with Crippen LogP contribution in [0.3, 0.4) is 0 Å². The molecule has 27 heavy (non-hydrogen) atoms. The Morgan fingerprint density at radius 2 is 2.15 bits per heavy atom. The van der Waals surface area contributed by atoms with Gasteiger partial charge in [-0.15, -0.1) is 11.3 Å². The van der Waals surface area contributed by atoms with Gasteiger partial charge in [0.25, 0.3) is 0 Å². The van der Waals surface area contributed by atoms with E-state index in [1.165, 1.54) is 11.3 Å². The third-order valence-corrected chi connectivity index (χ3v) is 5.31. The number of aliphatic carboxylic acids is 1. The van der Waals surface area contributed by atoms with E-state index in [1.807, 2.05) is 35.7 Å². The first kappa shape index (κ1) is 17.4. The number of hydrogen-bond donors (Lipinski definition) is 2. The zero-order valence-corrected chi connectivity index (χ0v) is 15.4. The van der Waals surface area contributed by atoms with Gasteiger partial charge >= 0.3 is 5.97 Å². The Labute approximate surface area is 160 Å². The zero-order chi connectivity index (χ0) is 18.6. The molecule has 3 aromatic heterocycles. The third-order valence-electron chi connectivity index (χ3n) is 4.55. The molecule has 1 aliphatic rings. The largest absolute Gasteiger partial charge is 0.481 e. The maximum absolute atomic E-state index is 11.2. The van der Waals surface area contributed by atoms with Crippen LogP contribution < -0.4 is 10.2 Å². The van der Waals surface area contributed by atoms with Crippen molar-refractivity contribution < 1.29 is 9.90 Å². The fraction of sp³-hybridized carbons (Fsp3) is 0.263. The Hall–Kier alpha value is -3.00. The van der Waals surface area contributed by atoms with Crippen molar-refractivity contribution in [2.75, 3.05) is 23.3 Å². The van der Waals surface area contributed by atoms with Crippen LogP contribution in [0.4, 0.5) is 16.6 Å². The van der Waals surface area contributed by atoms with Crippen LogP contribution in [-0.2, 0) is 4.79 Å². The highest BCUT2D eigenvalue weighted by Crippen LogP contribution is 2.27. The molecular formula is C19H19N5O2S. The zero-order valence-electron chi connectivity index (χ0n) is 14.6. The van der Waals surface area contributed by atoms with Gasteiger partial charge < -0.3 is 15.3 Å². The average Bonchev–Trinajstić information content (AvgIpc) is 3.18. The Bertz CT molecular complexity index is 913. The number of carbonyl (C=O) groups is 1. The number of anilines is 3. The number of carboxylic acid groups (broad SMARTS) is 1. The fourth-order valence-corrected chi connectivity index (χ4v) is 3.84. The molecule has 1 saturated heterocycles. The lowest BCUT2D eigenvalue weighted by Gasteiger charge is -2.32. The van der Waals surface area contributed by atoms with Crippen LogP contribution in [0.5, 0.6) is 0 Å². The average molecular weight is 381 g/mol. The second-order valence-electron chi connectivity index (χ2n) is 6.40. The van der Waals surface area contributed by atoms with E-state index in [0.29, 0.717) is 12.4 Å². The number of hydrogen-bond acceptors (Lipinski definition) is 7. The van der Waals surface area contributed by atoms with Crippen LogP contribution in [0.15, 0.2) is 48.1 Å². The molecule has 138 valence electrons. The highest BCUT2D eigenvalue weighted by molar-refractivity contribution is 7.14. The van der Waals surface area contributed by atoms with Crippen LogP contribution in [-0.4, -0.2) is 39.1 Å². The lowest BCUT2D eigenvalue weighted by atomic mass is 9.98. The molecule has 1 fully saturated rings. The molecule has 0 aliphatic carbocycles. The Kier molecular flexibility index (Phi) is 4.97. The van der Waals surface area contributed by atoms with Crippen molar-refractivity contribution in [3.63, 3.8) is 0 Å². The van der Waals surface area contributed by atoms with E-state index < -0.39 is 5.97 Å². The van der Waals surface area contributed by atoms with Crippen LogP contribution in [0.25, 0.3) is 11.4 Å². The van der Waals surface area contributed by atoms with Crippen molar-refractivity contribution >= 4 is 33.9 Å². The summed E-state index contributed by atoms with van der Waals surface area (Å²) in [5.74, 6) is -0.331. The van der Waals surface area contributed by atoms with Gasteiger partial charge in [-0.2, -0.15) is 0 Å². The molecule has 1 aliphatic heterocycles. The van der Waals surface area contributed by atoms with Crippen LogP contribution >= 0.6 is 11.3 Å².